The summed E-state index contributed by atoms with van der Waals surface area (Å²) in [4.78, 5) is 0. The van der Waals surface area contributed by atoms with Crippen molar-refractivity contribution in [1.29, 1.82) is 0 Å². The average molecular weight is 228 g/mol. The second-order valence-corrected chi connectivity index (χ2v) is 4.67. The van der Waals surface area contributed by atoms with E-state index in [1.54, 1.807) is 11.3 Å². The zero-order chi connectivity index (χ0) is 11.1. The number of unbranched alkanes of at least 4 members (excludes halogenated alkanes) is 2. The van der Waals surface area contributed by atoms with Crippen molar-refractivity contribution >= 4 is 11.3 Å². The third kappa shape index (κ3) is 4.56. The maximum Gasteiger partial charge on any atom is 0.216 e. The number of rotatable bonds is 7. The zero-order valence-electron chi connectivity index (χ0n) is 9.79. The second-order valence-electron chi connectivity index (χ2n) is 3.79. The van der Waals surface area contributed by atoms with Crippen LogP contribution >= 0.6 is 11.3 Å². The first-order chi connectivity index (χ1) is 7.24. The molecule has 0 aliphatic heterocycles. The van der Waals surface area contributed by atoms with E-state index in [0.717, 1.165) is 23.8 Å². The Hall–Kier alpha value is -0.700. The summed E-state index contributed by atoms with van der Waals surface area (Å²) in [5, 5.41) is 2.92. The molecule has 0 saturated heterocycles. The molecule has 0 bridgehead atoms. The molecule has 1 rings (SSSR count). The molecule has 0 amide bonds. The van der Waals surface area contributed by atoms with Gasteiger partial charge in [0.25, 0.3) is 0 Å². The summed E-state index contributed by atoms with van der Waals surface area (Å²) < 4.78 is 11.3. The lowest BCUT2D eigenvalue weighted by Crippen LogP contribution is -2.06. The second kappa shape index (κ2) is 6.72. The van der Waals surface area contributed by atoms with Crippen LogP contribution in [0.25, 0.3) is 0 Å². The first-order valence-electron chi connectivity index (χ1n) is 5.61. The average Bonchev–Trinajstić information content (AvgIpc) is 2.59. The molecule has 0 atom stereocenters. The molecule has 0 aliphatic carbocycles. The Morgan fingerprint density at radius 3 is 2.80 bits per heavy atom. The molecule has 86 valence electrons. The fourth-order valence-corrected chi connectivity index (χ4v) is 1.95. The van der Waals surface area contributed by atoms with E-state index >= 15 is 0 Å². The lowest BCUT2D eigenvalue weighted by Gasteiger charge is -2.10. The van der Waals surface area contributed by atoms with E-state index in [2.05, 4.69) is 6.92 Å². The molecule has 0 aliphatic rings. The van der Waals surface area contributed by atoms with Crippen molar-refractivity contribution in [2.75, 3.05) is 6.61 Å². The Kier molecular flexibility index (Phi) is 5.54. The molecule has 0 unspecified atom stereocenters. The molecule has 0 radical (unpaired) electrons. The van der Waals surface area contributed by atoms with Crippen molar-refractivity contribution in [3.8, 4) is 10.8 Å². The van der Waals surface area contributed by atoms with Crippen molar-refractivity contribution in [2.24, 2.45) is 0 Å². The van der Waals surface area contributed by atoms with Crippen LogP contribution in [0, 0.1) is 0 Å². The minimum absolute atomic E-state index is 0.206. The topological polar surface area (TPSA) is 18.5 Å². The van der Waals surface area contributed by atoms with Gasteiger partial charge >= 0.3 is 0 Å². The highest BCUT2D eigenvalue weighted by atomic mass is 32.1. The lowest BCUT2D eigenvalue weighted by molar-refractivity contribution is 0.224. The summed E-state index contributed by atoms with van der Waals surface area (Å²) in [6.45, 7) is 7.04. The number of thiophene rings is 1. The van der Waals surface area contributed by atoms with Gasteiger partial charge in [0.15, 0.2) is 5.75 Å². The molecule has 0 aromatic carbocycles. The van der Waals surface area contributed by atoms with Crippen molar-refractivity contribution in [1.82, 2.24) is 0 Å². The highest BCUT2D eigenvalue weighted by molar-refractivity contribution is 7.12. The fourth-order valence-electron chi connectivity index (χ4n) is 1.25. The molecule has 1 aromatic heterocycles. The van der Waals surface area contributed by atoms with Crippen LogP contribution in [-0.2, 0) is 0 Å². The van der Waals surface area contributed by atoms with Crippen LogP contribution in [0.3, 0.4) is 0 Å². The van der Waals surface area contributed by atoms with Gasteiger partial charge in [0.2, 0.25) is 5.06 Å². The smallest absolute Gasteiger partial charge is 0.216 e. The van der Waals surface area contributed by atoms with Crippen molar-refractivity contribution in [2.45, 2.75) is 46.1 Å². The van der Waals surface area contributed by atoms with Gasteiger partial charge in [-0.05, 0) is 31.7 Å². The van der Waals surface area contributed by atoms with Gasteiger partial charge in [-0.2, -0.15) is 0 Å². The summed E-state index contributed by atoms with van der Waals surface area (Å²) in [6, 6.07) is 1.97. The van der Waals surface area contributed by atoms with E-state index in [9.17, 15) is 0 Å². The summed E-state index contributed by atoms with van der Waals surface area (Å²) in [6.07, 6.45) is 3.78. The van der Waals surface area contributed by atoms with Crippen molar-refractivity contribution in [3.05, 3.63) is 11.4 Å². The Balaban J connectivity index is 2.36. The van der Waals surface area contributed by atoms with E-state index < -0.39 is 0 Å². The molecule has 1 heterocycles. The van der Waals surface area contributed by atoms with Gasteiger partial charge in [0, 0.05) is 0 Å². The number of hydrogen-bond donors (Lipinski definition) is 0. The zero-order valence-corrected chi connectivity index (χ0v) is 10.6. The van der Waals surface area contributed by atoms with Gasteiger partial charge in [0.05, 0.1) is 12.7 Å². The highest BCUT2D eigenvalue weighted by Gasteiger charge is 2.07. The van der Waals surface area contributed by atoms with E-state index in [1.165, 1.54) is 12.8 Å². The Bertz CT molecular complexity index is 268. The van der Waals surface area contributed by atoms with Gasteiger partial charge in [-0.1, -0.05) is 19.8 Å². The molecule has 15 heavy (non-hydrogen) atoms. The molecule has 0 saturated carbocycles. The van der Waals surface area contributed by atoms with Crippen molar-refractivity contribution in [3.63, 3.8) is 0 Å². The van der Waals surface area contributed by atoms with E-state index in [1.807, 2.05) is 25.3 Å². The lowest BCUT2D eigenvalue weighted by atomic mass is 10.3. The third-order valence-corrected chi connectivity index (χ3v) is 2.74. The molecule has 3 heteroatoms. The standard InChI is InChI=1S/C12H20O2S/c1-4-5-6-8-13-12-11(7-9-15-12)14-10(2)3/h7,9-10H,4-6,8H2,1-3H3. The normalized spacial score (nSPS) is 10.7. The predicted molar refractivity (Wildman–Crippen MR) is 65.1 cm³/mol. The van der Waals surface area contributed by atoms with Gasteiger partial charge in [-0.15, -0.1) is 11.3 Å². The van der Waals surface area contributed by atoms with Crippen LogP contribution < -0.4 is 9.47 Å². The van der Waals surface area contributed by atoms with Crippen LogP contribution in [0.1, 0.15) is 40.0 Å². The van der Waals surface area contributed by atoms with Crippen LogP contribution in [0.15, 0.2) is 11.4 Å². The molecule has 0 fully saturated rings. The summed E-state index contributed by atoms with van der Waals surface area (Å²) in [5.41, 5.74) is 0. The third-order valence-electron chi connectivity index (χ3n) is 1.94. The SMILES string of the molecule is CCCCCOc1sccc1OC(C)C. The van der Waals surface area contributed by atoms with Gasteiger partial charge in [0.1, 0.15) is 0 Å². The molecule has 0 N–H and O–H groups in total. The van der Waals surface area contributed by atoms with Crippen LogP contribution in [-0.4, -0.2) is 12.7 Å². The summed E-state index contributed by atoms with van der Waals surface area (Å²) in [7, 11) is 0. The number of ether oxygens (including phenoxy) is 2. The monoisotopic (exact) mass is 228 g/mol. The maximum atomic E-state index is 5.67. The van der Waals surface area contributed by atoms with E-state index in [-0.39, 0.29) is 6.10 Å². The first kappa shape index (κ1) is 12.4. The van der Waals surface area contributed by atoms with Crippen molar-refractivity contribution < 1.29 is 9.47 Å². The Morgan fingerprint density at radius 1 is 1.33 bits per heavy atom. The largest absolute Gasteiger partial charge is 0.486 e. The molecule has 1 aromatic rings. The van der Waals surface area contributed by atoms with Crippen LogP contribution in [0.2, 0.25) is 0 Å². The molecule has 0 spiro atoms. The maximum absolute atomic E-state index is 5.67. The van der Waals surface area contributed by atoms with E-state index in [0.29, 0.717) is 0 Å². The van der Waals surface area contributed by atoms with Gasteiger partial charge < -0.3 is 9.47 Å². The Labute approximate surface area is 96.2 Å². The first-order valence-corrected chi connectivity index (χ1v) is 6.49. The fraction of sp³-hybridized carbons (Fsp3) is 0.667. The quantitative estimate of drug-likeness (QED) is 0.654. The molecular formula is C12H20O2S. The van der Waals surface area contributed by atoms with Gasteiger partial charge in [-0.3, -0.25) is 0 Å². The predicted octanol–water partition coefficient (Wildman–Crippen LogP) is 4.10. The van der Waals surface area contributed by atoms with Crippen LogP contribution in [0.5, 0.6) is 10.8 Å². The van der Waals surface area contributed by atoms with Crippen LogP contribution in [0.4, 0.5) is 0 Å². The molecule has 2 nitrogen and oxygen atoms in total. The number of hydrogen-bond acceptors (Lipinski definition) is 3. The summed E-state index contributed by atoms with van der Waals surface area (Å²) >= 11 is 1.60. The highest BCUT2D eigenvalue weighted by Crippen LogP contribution is 2.34. The minimum Gasteiger partial charge on any atom is -0.486 e. The van der Waals surface area contributed by atoms with Gasteiger partial charge in [-0.25, -0.2) is 0 Å². The van der Waals surface area contributed by atoms with E-state index in [4.69, 9.17) is 9.47 Å². The molecular weight excluding hydrogens is 208 g/mol. The summed E-state index contributed by atoms with van der Waals surface area (Å²) in [5.74, 6) is 0.881. The Morgan fingerprint density at radius 2 is 2.13 bits per heavy atom. The minimum atomic E-state index is 0.206.